The van der Waals surface area contributed by atoms with E-state index in [1.165, 1.54) is 29.3 Å². The first kappa shape index (κ1) is 25.8. The van der Waals surface area contributed by atoms with Gasteiger partial charge >= 0.3 is 11.9 Å². The molecule has 0 heterocycles. The fourth-order valence-corrected chi connectivity index (χ4v) is 8.57. The molecule has 1 unspecified atom stereocenters. The van der Waals surface area contributed by atoms with Gasteiger partial charge in [-0.3, -0.25) is 9.59 Å². The molecule has 2 aromatic carbocycles. The van der Waals surface area contributed by atoms with Crippen molar-refractivity contribution in [2.45, 2.75) is 52.1 Å². The van der Waals surface area contributed by atoms with Crippen LogP contribution < -0.4 is 10.4 Å². The Bertz CT molecular complexity index is 827. The van der Waals surface area contributed by atoms with Crippen LogP contribution >= 0.6 is 0 Å². The molecule has 6 nitrogen and oxygen atoms in total. The molecule has 32 heavy (non-hydrogen) atoms. The van der Waals surface area contributed by atoms with E-state index in [0.717, 1.165) is 0 Å². The minimum atomic E-state index is -2.73. The summed E-state index contributed by atoms with van der Waals surface area (Å²) in [6, 6.07) is 20.4. The van der Waals surface area contributed by atoms with E-state index in [4.69, 9.17) is 14.0 Å². The van der Waals surface area contributed by atoms with Gasteiger partial charge in [-0.25, -0.2) is 0 Å². The van der Waals surface area contributed by atoms with Crippen LogP contribution in [0, 0.1) is 0 Å². The smallest absolute Gasteiger partial charge is 0.322 e. The van der Waals surface area contributed by atoms with Gasteiger partial charge in [0.05, 0.1) is 19.3 Å². The fourth-order valence-electron chi connectivity index (χ4n) is 3.97. The molecule has 0 spiro atoms. The van der Waals surface area contributed by atoms with E-state index in [0.29, 0.717) is 13.0 Å². The summed E-state index contributed by atoms with van der Waals surface area (Å²) >= 11 is 0. The molecule has 2 aromatic rings. The van der Waals surface area contributed by atoms with Gasteiger partial charge in [0.25, 0.3) is 8.32 Å². The van der Waals surface area contributed by atoms with Gasteiger partial charge in [-0.05, 0) is 15.4 Å². The van der Waals surface area contributed by atoms with Gasteiger partial charge in [-0.2, -0.15) is 0 Å². The summed E-state index contributed by atoms with van der Waals surface area (Å²) in [6.45, 7) is 9.91. The minimum Gasteiger partial charge on any atom is -0.466 e. The van der Waals surface area contributed by atoms with Gasteiger partial charge in [0.15, 0.2) is 0 Å². The zero-order chi connectivity index (χ0) is 23.8. The lowest BCUT2D eigenvalue weighted by Gasteiger charge is -2.44. The van der Waals surface area contributed by atoms with Gasteiger partial charge in [0.2, 0.25) is 0 Å². The predicted octanol–water partition coefficient (Wildman–Crippen LogP) is 3.29. The van der Waals surface area contributed by atoms with Crippen LogP contribution in [0.1, 0.15) is 41.0 Å². The highest BCUT2D eigenvalue weighted by atomic mass is 28.4. The zero-order valence-electron chi connectivity index (χ0n) is 20.0. The first-order valence-corrected chi connectivity index (χ1v) is 12.8. The van der Waals surface area contributed by atoms with Crippen molar-refractivity contribution in [1.82, 2.24) is 5.06 Å². The number of hydroxylamine groups is 2. The average Bonchev–Trinajstić information content (AvgIpc) is 2.72. The first-order valence-electron chi connectivity index (χ1n) is 10.9. The third-order valence-corrected chi connectivity index (χ3v) is 10.5. The Morgan fingerprint density at radius 3 is 1.81 bits per heavy atom. The largest absolute Gasteiger partial charge is 0.466 e. The maximum atomic E-state index is 11.6. The molecule has 0 radical (unpaired) electrons. The van der Waals surface area contributed by atoms with Crippen LogP contribution in [0.15, 0.2) is 60.7 Å². The molecule has 2 rings (SSSR count). The van der Waals surface area contributed by atoms with Crippen molar-refractivity contribution in [2.24, 2.45) is 0 Å². The molecule has 0 aromatic heterocycles. The Morgan fingerprint density at radius 1 is 0.906 bits per heavy atom. The number of esters is 1. The number of hydrogen-bond acceptors (Lipinski definition) is 6. The third-order valence-electron chi connectivity index (χ3n) is 5.45. The van der Waals surface area contributed by atoms with Crippen molar-refractivity contribution in [3.8, 4) is 0 Å². The van der Waals surface area contributed by atoms with Crippen LogP contribution in [-0.4, -0.2) is 51.6 Å². The van der Waals surface area contributed by atoms with Crippen molar-refractivity contribution in [1.29, 1.82) is 0 Å². The molecule has 0 N–H and O–H groups in total. The lowest BCUT2D eigenvalue weighted by Crippen LogP contribution is -2.67. The van der Waals surface area contributed by atoms with E-state index in [2.05, 4.69) is 45.0 Å². The Morgan fingerprint density at radius 2 is 1.41 bits per heavy atom. The summed E-state index contributed by atoms with van der Waals surface area (Å²) in [5.74, 6) is -0.748. The maximum Gasteiger partial charge on any atom is 0.322 e. The standard InChI is InChI=1S/C25H35NO5Si/c1-20(27)29-18-17-22(26(6)31-21(2)28)19-30-32(25(3,4)5,23-13-9-7-10-14-23)24-15-11-8-12-16-24/h7-16,22H,17-19H2,1-6H3. The van der Waals surface area contributed by atoms with Crippen molar-refractivity contribution in [2.75, 3.05) is 20.3 Å². The van der Waals surface area contributed by atoms with Crippen LogP contribution in [0.2, 0.25) is 5.04 Å². The summed E-state index contributed by atoms with van der Waals surface area (Å²) in [7, 11) is -1.03. The number of hydrogen-bond donors (Lipinski definition) is 0. The van der Waals surface area contributed by atoms with Crippen LogP contribution in [-0.2, 0) is 23.6 Å². The van der Waals surface area contributed by atoms with E-state index >= 15 is 0 Å². The van der Waals surface area contributed by atoms with Gasteiger partial charge < -0.3 is 14.0 Å². The van der Waals surface area contributed by atoms with Crippen LogP contribution in [0.5, 0.6) is 0 Å². The van der Waals surface area contributed by atoms with E-state index < -0.39 is 14.3 Å². The second kappa shape index (κ2) is 11.4. The normalized spacial score (nSPS) is 13.0. The monoisotopic (exact) mass is 457 g/mol. The number of ether oxygens (including phenoxy) is 1. The quantitative estimate of drug-likeness (QED) is 0.310. The molecule has 0 fully saturated rings. The van der Waals surface area contributed by atoms with Gasteiger partial charge in [-0.15, -0.1) is 5.06 Å². The molecule has 0 aliphatic rings. The predicted molar refractivity (Wildman–Crippen MR) is 128 cm³/mol. The second-order valence-electron chi connectivity index (χ2n) is 8.89. The molecule has 0 aliphatic heterocycles. The Hall–Kier alpha value is -2.48. The number of carbonyl (C=O) groups excluding carboxylic acids is 2. The topological polar surface area (TPSA) is 65.1 Å². The van der Waals surface area contributed by atoms with Gasteiger partial charge in [0, 0.05) is 27.3 Å². The highest BCUT2D eigenvalue weighted by molar-refractivity contribution is 6.99. The molecular formula is C25H35NO5Si. The summed E-state index contributed by atoms with van der Waals surface area (Å²) in [4.78, 5) is 28.1. The van der Waals surface area contributed by atoms with E-state index in [9.17, 15) is 9.59 Å². The Balaban J connectivity index is 2.44. The molecule has 0 amide bonds. The summed E-state index contributed by atoms with van der Waals surface area (Å²) < 4.78 is 12.1. The second-order valence-corrected chi connectivity index (χ2v) is 13.2. The average molecular weight is 458 g/mol. The van der Waals surface area contributed by atoms with Crippen molar-refractivity contribution in [3.05, 3.63) is 60.7 Å². The fraction of sp³-hybridized carbons (Fsp3) is 0.440. The number of carbonyl (C=O) groups is 2. The SMILES string of the molecule is CC(=O)OCCC(CO[Si](c1ccccc1)(c1ccccc1)C(C)(C)C)N(C)OC(C)=O. The van der Waals surface area contributed by atoms with Crippen molar-refractivity contribution >= 4 is 30.6 Å². The highest BCUT2D eigenvalue weighted by Crippen LogP contribution is 2.37. The van der Waals surface area contributed by atoms with E-state index in [1.807, 2.05) is 36.4 Å². The first-order chi connectivity index (χ1) is 15.1. The lowest BCUT2D eigenvalue weighted by molar-refractivity contribution is -0.195. The minimum absolute atomic E-state index is 0.170. The Labute approximate surface area is 192 Å². The summed E-state index contributed by atoms with van der Waals surface area (Å²) in [6.07, 6.45) is 0.474. The molecule has 7 heteroatoms. The van der Waals surface area contributed by atoms with E-state index in [-0.39, 0.29) is 23.7 Å². The Kier molecular flexibility index (Phi) is 9.18. The number of rotatable bonds is 10. The molecule has 174 valence electrons. The molecule has 0 saturated heterocycles. The van der Waals surface area contributed by atoms with E-state index in [1.54, 1.807) is 7.05 Å². The number of nitrogens with zero attached hydrogens (tertiary/aromatic N) is 1. The van der Waals surface area contributed by atoms with Crippen LogP contribution in [0.25, 0.3) is 0 Å². The number of likely N-dealkylation sites (N-methyl/N-ethyl adjacent to an activating group) is 1. The van der Waals surface area contributed by atoms with Gasteiger partial charge in [0.1, 0.15) is 0 Å². The highest BCUT2D eigenvalue weighted by Gasteiger charge is 2.50. The summed E-state index contributed by atoms with van der Waals surface area (Å²) in [5, 5.41) is 3.68. The number of benzene rings is 2. The molecule has 0 saturated carbocycles. The van der Waals surface area contributed by atoms with Gasteiger partial charge in [-0.1, -0.05) is 81.4 Å². The van der Waals surface area contributed by atoms with Crippen LogP contribution in [0.3, 0.4) is 0 Å². The molecule has 1 atom stereocenters. The van der Waals surface area contributed by atoms with Crippen molar-refractivity contribution in [3.63, 3.8) is 0 Å². The molecule has 0 aliphatic carbocycles. The zero-order valence-corrected chi connectivity index (χ0v) is 21.0. The third kappa shape index (κ3) is 6.51. The summed E-state index contributed by atoms with van der Waals surface area (Å²) in [5.41, 5.74) is 0. The lowest BCUT2D eigenvalue weighted by atomic mass is 10.2. The molecular weight excluding hydrogens is 422 g/mol. The van der Waals surface area contributed by atoms with Crippen LogP contribution in [0.4, 0.5) is 0 Å². The maximum absolute atomic E-state index is 11.6. The van der Waals surface area contributed by atoms with Crippen molar-refractivity contribution < 1.29 is 23.6 Å². The molecule has 0 bridgehead atoms.